The average molecular weight is 282 g/mol. The Balaban J connectivity index is 1.88. The molecule has 0 radical (unpaired) electrons. The maximum atomic E-state index is 4.68. The van der Waals surface area contributed by atoms with Gasteiger partial charge in [-0.2, -0.15) is 0 Å². The van der Waals surface area contributed by atoms with Gasteiger partial charge in [0.1, 0.15) is 0 Å². The van der Waals surface area contributed by atoms with Gasteiger partial charge in [0.2, 0.25) is 0 Å². The molecule has 1 saturated carbocycles. The fourth-order valence-corrected chi connectivity index (χ4v) is 3.72. The Kier molecular flexibility index (Phi) is 4.54. The van der Waals surface area contributed by atoms with Gasteiger partial charge in [0.25, 0.3) is 0 Å². The van der Waals surface area contributed by atoms with Crippen LogP contribution in [-0.2, 0) is 0 Å². The van der Waals surface area contributed by atoms with E-state index in [1.165, 1.54) is 30.2 Å². The zero-order chi connectivity index (χ0) is 14.7. The zero-order valence-corrected chi connectivity index (χ0v) is 13.2. The zero-order valence-electron chi connectivity index (χ0n) is 13.2. The van der Waals surface area contributed by atoms with Crippen LogP contribution in [0.2, 0.25) is 0 Å². The van der Waals surface area contributed by atoms with Gasteiger partial charge in [0.05, 0.1) is 5.52 Å². The van der Waals surface area contributed by atoms with E-state index in [1.807, 2.05) is 0 Å². The van der Waals surface area contributed by atoms with E-state index in [9.17, 15) is 0 Å². The largest absolute Gasteiger partial charge is 0.317 e. The molecule has 1 aliphatic rings. The molecule has 2 aromatic rings. The SMILES string of the molecule is CCNCC1CCC(C)CC1c1cnc2ccccc2c1. The van der Waals surface area contributed by atoms with Crippen molar-refractivity contribution in [1.82, 2.24) is 10.3 Å². The lowest BCUT2D eigenvalue weighted by Gasteiger charge is -2.35. The molecule has 2 nitrogen and oxygen atoms in total. The van der Waals surface area contributed by atoms with Crippen molar-refractivity contribution in [2.75, 3.05) is 13.1 Å². The predicted molar refractivity (Wildman–Crippen MR) is 89.5 cm³/mol. The molecule has 21 heavy (non-hydrogen) atoms. The third-order valence-corrected chi connectivity index (χ3v) is 4.95. The van der Waals surface area contributed by atoms with Crippen LogP contribution in [0, 0.1) is 11.8 Å². The summed E-state index contributed by atoms with van der Waals surface area (Å²) in [5, 5.41) is 4.82. The minimum Gasteiger partial charge on any atom is -0.317 e. The molecule has 0 amide bonds. The Hall–Kier alpha value is -1.41. The molecule has 0 bridgehead atoms. The summed E-state index contributed by atoms with van der Waals surface area (Å²) in [6.45, 7) is 6.79. The molecule has 0 spiro atoms. The number of nitrogens with zero attached hydrogens (tertiary/aromatic N) is 1. The summed E-state index contributed by atoms with van der Waals surface area (Å²) < 4.78 is 0. The summed E-state index contributed by atoms with van der Waals surface area (Å²) >= 11 is 0. The van der Waals surface area contributed by atoms with Crippen LogP contribution < -0.4 is 5.32 Å². The minimum absolute atomic E-state index is 0.657. The van der Waals surface area contributed by atoms with Gasteiger partial charge in [-0.1, -0.05) is 38.5 Å². The summed E-state index contributed by atoms with van der Waals surface area (Å²) in [5.74, 6) is 2.24. The maximum Gasteiger partial charge on any atom is 0.0702 e. The lowest BCUT2D eigenvalue weighted by Crippen LogP contribution is -2.31. The van der Waals surface area contributed by atoms with Crippen LogP contribution in [0.5, 0.6) is 0 Å². The fourth-order valence-electron chi connectivity index (χ4n) is 3.72. The summed E-state index contributed by atoms with van der Waals surface area (Å²) in [6, 6.07) is 10.8. The molecule has 1 fully saturated rings. The summed E-state index contributed by atoms with van der Waals surface area (Å²) in [6.07, 6.45) is 6.12. The summed E-state index contributed by atoms with van der Waals surface area (Å²) in [5.41, 5.74) is 2.54. The van der Waals surface area contributed by atoms with Gasteiger partial charge in [0.15, 0.2) is 0 Å². The van der Waals surface area contributed by atoms with Crippen molar-refractivity contribution >= 4 is 10.9 Å². The molecular weight excluding hydrogens is 256 g/mol. The molecule has 1 heterocycles. The lowest BCUT2D eigenvalue weighted by atomic mass is 9.72. The number of pyridine rings is 1. The van der Waals surface area contributed by atoms with Crippen LogP contribution in [0.25, 0.3) is 10.9 Å². The van der Waals surface area contributed by atoms with Crippen LogP contribution in [0.4, 0.5) is 0 Å². The van der Waals surface area contributed by atoms with Crippen LogP contribution in [0.15, 0.2) is 36.5 Å². The quantitative estimate of drug-likeness (QED) is 0.901. The molecule has 3 atom stereocenters. The topological polar surface area (TPSA) is 24.9 Å². The second-order valence-electron chi connectivity index (χ2n) is 6.55. The number of hydrogen-bond acceptors (Lipinski definition) is 2. The molecule has 1 aliphatic carbocycles. The van der Waals surface area contributed by atoms with Crippen LogP contribution in [0.3, 0.4) is 0 Å². The molecule has 3 unspecified atom stereocenters. The van der Waals surface area contributed by atoms with E-state index >= 15 is 0 Å². The smallest absolute Gasteiger partial charge is 0.0702 e. The second-order valence-corrected chi connectivity index (χ2v) is 6.55. The molecule has 2 heteroatoms. The highest BCUT2D eigenvalue weighted by Gasteiger charge is 2.29. The van der Waals surface area contributed by atoms with Crippen molar-refractivity contribution in [3.05, 3.63) is 42.1 Å². The lowest BCUT2D eigenvalue weighted by molar-refractivity contribution is 0.242. The highest BCUT2D eigenvalue weighted by Crippen LogP contribution is 2.40. The summed E-state index contributed by atoms with van der Waals surface area (Å²) in [7, 11) is 0. The Labute approximate surface area is 128 Å². The first-order valence-electron chi connectivity index (χ1n) is 8.33. The molecule has 0 saturated heterocycles. The van der Waals surface area contributed by atoms with Gasteiger partial charge >= 0.3 is 0 Å². The monoisotopic (exact) mass is 282 g/mol. The van der Waals surface area contributed by atoms with Gasteiger partial charge in [-0.15, -0.1) is 0 Å². The standard InChI is InChI=1S/C19H26N2/c1-3-20-12-16-9-8-14(2)10-18(16)17-11-15-6-4-5-7-19(15)21-13-17/h4-7,11,13-14,16,18,20H,3,8-10,12H2,1-2H3. The van der Waals surface area contributed by atoms with E-state index in [2.05, 4.69) is 60.7 Å². The van der Waals surface area contributed by atoms with E-state index in [-0.39, 0.29) is 0 Å². The average Bonchev–Trinajstić information content (AvgIpc) is 2.53. The van der Waals surface area contributed by atoms with E-state index in [0.717, 1.165) is 30.4 Å². The van der Waals surface area contributed by atoms with Crippen LogP contribution >= 0.6 is 0 Å². The van der Waals surface area contributed by atoms with Crippen molar-refractivity contribution in [3.8, 4) is 0 Å². The number of fused-ring (bicyclic) bond motifs is 1. The van der Waals surface area contributed by atoms with Crippen LogP contribution in [0.1, 0.15) is 44.6 Å². The molecule has 3 rings (SSSR count). The van der Waals surface area contributed by atoms with E-state index < -0.39 is 0 Å². The first kappa shape index (κ1) is 14.5. The number of para-hydroxylation sites is 1. The fraction of sp³-hybridized carbons (Fsp3) is 0.526. The molecule has 1 aromatic carbocycles. The maximum absolute atomic E-state index is 4.68. The van der Waals surface area contributed by atoms with Crippen molar-refractivity contribution in [2.24, 2.45) is 11.8 Å². The Bertz CT molecular complexity index is 591. The number of aromatic nitrogens is 1. The highest BCUT2D eigenvalue weighted by molar-refractivity contribution is 5.78. The molecule has 1 aromatic heterocycles. The molecular formula is C19H26N2. The number of hydrogen-bond donors (Lipinski definition) is 1. The number of rotatable bonds is 4. The van der Waals surface area contributed by atoms with Crippen molar-refractivity contribution < 1.29 is 0 Å². The second kappa shape index (κ2) is 6.57. The molecule has 1 N–H and O–H groups in total. The van der Waals surface area contributed by atoms with Gasteiger partial charge < -0.3 is 5.32 Å². The Morgan fingerprint density at radius 2 is 2.10 bits per heavy atom. The van der Waals surface area contributed by atoms with Crippen LogP contribution in [-0.4, -0.2) is 18.1 Å². The van der Waals surface area contributed by atoms with Gasteiger partial charge in [-0.05, 0) is 61.4 Å². The highest BCUT2D eigenvalue weighted by atomic mass is 14.8. The first-order valence-corrected chi connectivity index (χ1v) is 8.33. The number of benzene rings is 1. The van der Waals surface area contributed by atoms with E-state index in [1.54, 1.807) is 0 Å². The Morgan fingerprint density at radius 1 is 1.24 bits per heavy atom. The van der Waals surface area contributed by atoms with Gasteiger partial charge in [-0.3, -0.25) is 4.98 Å². The van der Waals surface area contributed by atoms with Crippen molar-refractivity contribution in [1.29, 1.82) is 0 Å². The molecule has 112 valence electrons. The normalized spacial score (nSPS) is 26.1. The molecule has 0 aliphatic heterocycles. The van der Waals surface area contributed by atoms with E-state index in [0.29, 0.717) is 5.92 Å². The first-order chi connectivity index (χ1) is 10.3. The third kappa shape index (κ3) is 3.26. The third-order valence-electron chi connectivity index (χ3n) is 4.95. The predicted octanol–water partition coefficient (Wildman–Crippen LogP) is 4.36. The van der Waals surface area contributed by atoms with Gasteiger partial charge in [-0.25, -0.2) is 0 Å². The van der Waals surface area contributed by atoms with E-state index in [4.69, 9.17) is 0 Å². The minimum atomic E-state index is 0.657. The summed E-state index contributed by atoms with van der Waals surface area (Å²) in [4.78, 5) is 4.68. The van der Waals surface area contributed by atoms with Gasteiger partial charge in [0, 0.05) is 11.6 Å². The van der Waals surface area contributed by atoms with Crippen molar-refractivity contribution in [2.45, 2.75) is 39.0 Å². The van der Waals surface area contributed by atoms with Crippen molar-refractivity contribution in [3.63, 3.8) is 0 Å². The number of nitrogens with one attached hydrogen (secondary N) is 1. The Morgan fingerprint density at radius 3 is 2.95 bits per heavy atom.